The van der Waals surface area contributed by atoms with E-state index in [-0.39, 0.29) is 0 Å². The number of nitrogens with zero attached hydrogens (tertiary/aromatic N) is 4. The fourth-order valence-corrected chi connectivity index (χ4v) is 2.66. The Hall–Kier alpha value is -1.39. The zero-order chi connectivity index (χ0) is 13.2. The maximum atomic E-state index is 4.56. The van der Waals surface area contributed by atoms with Gasteiger partial charge in [0.25, 0.3) is 0 Å². The van der Waals surface area contributed by atoms with Gasteiger partial charge in [-0.25, -0.2) is 4.98 Å². The predicted molar refractivity (Wildman–Crippen MR) is 77.6 cm³/mol. The summed E-state index contributed by atoms with van der Waals surface area (Å²) in [5.41, 5.74) is 2.48. The molecule has 1 aliphatic rings. The standard InChI is InChI=1S/C15H22N4/c1-13-3-4-14-11-16-15(19(14)12-13)5-6-18-9-7-17(2)8-10-18/h3-4,11-12H,5-10H2,1-2H3. The van der Waals surface area contributed by atoms with Crippen LogP contribution in [0.3, 0.4) is 0 Å². The van der Waals surface area contributed by atoms with Gasteiger partial charge in [-0.15, -0.1) is 0 Å². The van der Waals surface area contributed by atoms with E-state index >= 15 is 0 Å². The fraction of sp³-hybridized carbons (Fsp3) is 0.533. The zero-order valence-corrected chi connectivity index (χ0v) is 11.8. The minimum atomic E-state index is 1.03. The van der Waals surface area contributed by atoms with Gasteiger partial charge in [0, 0.05) is 45.3 Å². The van der Waals surface area contributed by atoms with Gasteiger partial charge in [-0.05, 0) is 25.6 Å². The zero-order valence-electron chi connectivity index (χ0n) is 11.8. The summed E-state index contributed by atoms with van der Waals surface area (Å²) >= 11 is 0. The second-order valence-electron chi connectivity index (χ2n) is 5.57. The second-order valence-corrected chi connectivity index (χ2v) is 5.57. The number of aromatic nitrogens is 2. The van der Waals surface area contributed by atoms with Crippen molar-refractivity contribution >= 4 is 5.52 Å². The van der Waals surface area contributed by atoms with Gasteiger partial charge in [-0.1, -0.05) is 6.07 Å². The molecule has 1 saturated heterocycles. The van der Waals surface area contributed by atoms with Crippen LogP contribution in [0.4, 0.5) is 0 Å². The van der Waals surface area contributed by atoms with Crippen LogP contribution in [0.25, 0.3) is 5.52 Å². The van der Waals surface area contributed by atoms with Crippen LogP contribution in [0.2, 0.25) is 0 Å². The molecule has 0 spiro atoms. The molecule has 0 unspecified atom stereocenters. The van der Waals surface area contributed by atoms with Crippen molar-refractivity contribution in [1.82, 2.24) is 19.2 Å². The van der Waals surface area contributed by atoms with E-state index in [4.69, 9.17) is 0 Å². The predicted octanol–water partition coefficient (Wildman–Crippen LogP) is 1.43. The van der Waals surface area contributed by atoms with E-state index in [0.717, 1.165) is 13.0 Å². The molecule has 102 valence electrons. The smallest absolute Gasteiger partial charge is 0.114 e. The van der Waals surface area contributed by atoms with Crippen molar-refractivity contribution in [3.05, 3.63) is 35.9 Å². The Morgan fingerprint density at radius 1 is 1.16 bits per heavy atom. The average molecular weight is 258 g/mol. The third-order valence-corrected chi connectivity index (χ3v) is 4.00. The van der Waals surface area contributed by atoms with Crippen molar-refractivity contribution in [2.75, 3.05) is 39.8 Å². The molecule has 0 aromatic carbocycles. The second kappa shape index (κ2) is 5.31. The summed E-state index contributed by atoms with van der Waals surface area (Å²) in [6.45, 7) is 7.96. The Labute approximate surface area is 114 Å². The quantitative estimate of drug-likeness (QED) is 0.832. The van der Waals surface area contributed by atoms with E-state index in [1.165, 1.54) is 43.1 Å². The molecule has 0 aliphatic carbocycles. The number of pyridine rings is 1. The number of fused-ring (bicyclic) bond motifs is 1. The Morgan fingerprint density at radius 2 is 1.95 bits per heavy atom. The third kappa shape index (κ3) is 2.80. The summed E-state index contributed by atoms with van der Waals surface area (Å²) in [6.07, 6.45) is 5.18. The summed E-state index contributed by atoms with van der Waals surface area (Å²) in [5, 5.41) is 0. The first-order chi connectivity index (χ1) is 9.22. The molecule has 1 fully saturated rings. The average Bonchev–Trinajstić information content (AvgIpc) is 2.80. The van der Waals surface area contributed by atoms with Crippen molar-refractivity contribution in [1.29, 1.82) is 0 Å². The van der Waals surface area contributed by atoms with Crippen molar-refractivity contribution in [3.8, 4) is 0 Å². The summed E-state index contributed by atoms with van der Waals surface area (Å²) in [5.74, 6) is 1.18. The first-order valence-corrected chi connectivity index (χ1v) is 7.06. The largest absolute Gasteiger partial charge is 0.304 e. The number of imidazole rings is 1. The lowest BCUT2D eigenvalue weighted by molar-refractivity contribution is 0.155. The molecule has 0 radical (unpaired) electrons. The Balaban J connectivity index is 1.67. The molecule has 0 saturated carbocycles. The minimum absolute atomic E-state index is 1.03. The number of hydrogen-bond acceptors (Lipinski definition) is 3. The molecule has 3 heterocycles. The lowest BCUT2D eigenvalue weighted by Gasteiger charge is -2.32. The Morgan fingerprint density at radius 3 is 2.74 bits per heavy atom. The monoisotopic (exact) mass is 258 g/mol. The van der Waals surface area contributed by atoms with Crippen LogP contribution in [0.1, 0.15) is 11.4 Å². The summed E-state index contributed by atoms with van der Waals surface area (Å²) in [7, 11) is 2.20. The van der Waals surface area contributed by atoms with Gasteiger partial charge in [0.1, 0.15) is 5.82 Å². The number of hydrogen-bond donors (Lipinski definition) is 0. The van der Waals surface area contributed by atoms with Crippen molar-refractivity contribution in [3.63, 3.8) is 0 Å². The van der Waals surface area contributed by atoms with Crippen LogP contribution < -0.4 is 0 Å². The van der Waals surface area contributed by atoms with E-state index in [2.05, 4.69) is 51.5 Å². The summed E-state index contributed by atoms with van der Waals surface area (Å²) < 4.78 is 2.23. The van der Waals surface area contributed by atoms with Crippen molar-refractivity contribution in [2.45, 2.75) is 13.3 Å². The van der Waals surface area contributed by atoms with Crippen molar-refractivity contribution < 1.29 is 0 Å². The topological polar surface area (TPSA) is 23.8 Å². The van der Waals surface area contributed by atoms with Crippen LogP contribution >= 0.6 is 0 Å². The highest BCUT2D eigenvalue weighted by atomic mass is 15.2. The molecule has 4 nitrogen and oxygen atoms in total. The molecule has 2 aromatic heterocycles. The van der Waals surface area contributed by atoms with Gasteiger partial charge in [0.05, 0.1) is 11.7 Å². The molecular weight excluding hydrogens is 236 g/mol. The van der Waals surface area contributed by atoms with Crippen LogP contribution in [0, 0.1) is 6.92 Å². The van der Waals surface area contributed by atoms with Crippen molar-refractivity contribution in [2.24, 2.45) is 0 Å². The van der Waals surface area contributed by atoms with Gasteiger partial charge in [0.15, 0.2) is 0 Å². The highest BCUT2D eigenvalue weighted by molar-refractivity contribution is 5.46. The van der Waals surface area contributed by atoms with Gasteiger partial charge >= 0.3 is 0 Å². The lowest BCUT2D eigenvalue weighted by Crippen LogP contribution is -2.45. The summed E-state index contributed by atoms with van der Waals surface area (Å²) in [4.78, 5) is 9.49. The van der Waals surface area contributed by atoms with Gasteiger partial charge < -0.3 is 14.2 Å². The Kier molecular flexibility index (Phi) is 3.53. The van der Waals surface area contributed by atoms with Crippen LogP contribution in [0.5, 0.6) is 0 Å². The van der Waals surface area contributed by atoms with Gasteiger partial charge in [-0.3, -0.25) is 0 Å². The molecule has 0 N–H and O–H groups in total. The maximum absolute atomic E-state index is 4.56. The van der Waals surface area contributed by atoms with E-state index in [0.29, 0.717) is 0 Å². The lowest BCUT2D eigenvalue weighted by atomic mass is 10.3. The number of piperazine rings is 1. The molecule has 0 atom stereocenters. The number of likely N-dealkylation sites (N-methyl/N-ethyl adjacent to an activating group) is 1. The molecule has 1 aliphatic heterocycles. The maximum Gasteiger partial charge on any atom is 0.114 e. The molecule has 4 heteroatoms. The molecule has 2 aromatic rings. The minimum Gasteiger partial charge on any atom is -0.304 e. The molecular formula is C15H22N4. The van der Waals surface area contributed by atoms with Crippen LogP contribution in [-0.4, -0.2) is 59.0 Å². The molecule has 3 rings (SSSR count). The molecule has 0 amide bonds. The van der Waals surface area contributed by atoms with E-state index < -0.39 is 0 Å². The first-order valence-electron chi connectivity index (χ1n) is 7.06. The van der Waals surface area contributed by atoms with E-state index in [1.807, 2.05) is 6.20 Å². The molecule has 0 bridgehead atoms. The normalized spacial score (nSPS) is 18.2. The van der Waals surface area contributed by atoms with Crippen LogP contribution in [0.15, 0.2) is 24.5 Å². The highest BCUT2D eigenvalue weighted by Gasteiger charge is 2.14. The third-order valence-electron chi connectivity index (χ3n) is 4.00. The van der Waals surface area contributed by atoms with Gasteiger partial charge in [-0.2, -0.15) is 0 Å². The molecule has 19 heavy (non-hydrogen) atoms. The summed E-state index contributed by atoms with van der Waals surface area (Å²) in [6, 6.07) is 4.28. The highest BCUT2D eigenvalue weighted by Crippen LogP contribution is 2.10. The Bertz CT molecular complexity index is 552. The SMILES string of the molecule is Cc1ccc2cnc(CCN3CCN(C)CC3)n2c1. The van der Waals surface area contributed by atoms with E-state index in [9.17, 15) is 0 Å². The number of aryl methyl sites for hydroxylation is 1. The number of rotatable bonds is 3. The van der Waals surface area contributed by atoms with Gasteiger partial charge in [0.2, 0.25) is 0 Å². The van der Waals surface area contributed by atoms with E-state index in [1.54, 1.807) is 0 Å². The first kappa shape index (κ1) is 12.6. The van der Waals surface area contributed by atoms with Crippen LogP contribution in [-0.2, 0) is 6.42 Å². The fourth-order valence-electron chi connectivity index (χ4n) is 2.66.